The molecule has 24 heavy (non-hydrogen) atoms. The number of nitrogens with two attached hydrogens (primary N) is 2. The number of thiophene rings is 2. The highest BCUT2D eigenvalue weighted by atomic mass is 32.1. The summed E-state index contributed by atoms with van der Waals surface area (Å²) >= 11 is 1.68. The third kappa shape index (κ3) is 2.63. The smallest absolute Gasteiger partial charge is 0.397 e. The molecule has 0 unspecified atom stereocenters. The van der Waals surface area contributed by atoms with Crippen molar-refractivity contribution in [3.63, 3.8) is 0 Å². The number of nitrogen functional groups attached to an aromatic ring is 1. The average molecular weight is 371 g/mol. The zero-order valence-corrected chi connectivity index (χ0v) is 13.3. The van der Waals surface area contributed by atoms with E-state index in [-0.39, 0.29) is 25.7 Å². The minimum Gasteiger partial charge on any atom is -0.397 e. The molecule has 4 N–H and O–H groups in total. The molecule has 3 aromatic heterocycles. The fourth-order valence-corrected chi connectivity index (χ4v) is 3.76. The molecule has 3 aromatic rings. The van der Waals surface area contributed by atoms with Gasteiger partial charge in [-0.25, -0.2) is 4.98 Å². The second-order valence-electron chi connectivity index (χ2n) is 4.75. The first-order valence-corrected chi connectivity index (χ1v) is 8.08. The van der Waals surface area contributed by atoms with Gasteiger partial charge in [-0.2, -0.15) is 13.2 Å². The van der Waals surface area contributed by atoms with Crippen LogP contribution in [0.5, 0.6) is 0 Å². The molecule has 0 aliphatic heterocycles. The van der Waals surface area contributed by atoms with Crippen LogP contribution in [-0.2, 0) is 6.18 Å². The van der Waals surface area contributed by atoms with E-state index < -0.39 is 29.1 Å². The van der Waals surface area contributed by atoms with Gasteiger partial charge in [0.15, 0.2) is 5.69 Å². The lowest BCUT2D eigenvalue weighted by Gasteiger charge is -2.11. The summed E-state index contributed by atoms with van der Waals surface area (Å²) in [5, 5.41) is 1.68. The topological polar surface area (TPSA) is 99.1 Å². The summed E-state index contributed by atoms with van der Waals surface area (Å²) in [6, 6.07) is 4.00. The number of halogens is 3. The molecule has 0 atom stereocenters. The van der Waals surface area contributed by atoms with Crippen LogP contribution >= 0.6 is 22.7 Å². The fourth-order valence-electron chi connectivity index (χ4n) is 2.15. The number of fused-ring (bicyclic) bond motifs is 1. The number of amides is 1. The number of pyridine rings is 1. The van der Waals surface area contributed by atoms with E-state index in [0.29, 0.717) is 11.3 Å². The molecule has 0 bridgehead atoms. The molecule has 0 aliphatic carbocycles. The first-order valence-electron chi connectivity index (χ1n) is 6.38. The molecule has 0 aromatic carbocycles. The van der Waals surface area contributed by atoms with Crippen LogP contribution in [-0.4, -0.2) is 16.7 Å². The summed E-state index contributed by atoms with van der Waals surface area (Å²) in [4.78, 5) is 27.2. The van der Waals surface area contributed by atoms with Crippen LogP contribution in [0.4, 0.5) is 18.9 Å². The van der Waals surface area contributed by atoms with Crippen molar-refractivity contribution in [2.45, 2.75) is 6.18 Å². The SMILES string of the molecule is NC(=O)c1sc2nc(C(F)(F)F)c(C(=O)c3cccs3)cc2c1N. The zero-order valence-electron chi connectivity index (χ0n) is 11.7. The maximum Gasteiger partial charge on any atom is 0.434 e. The Morgan fingerprint density at radius 2 is 1.96 bits per heavy atom. The van der Waals surface area contributed by atoms with Crippen molar-refractivity contribution in [3.05, 3.63) is 44.6 Å². The molecule has 0 saturated heterocycles. The highest BCUT2D eigenvalue weighted by Crippen LogP contribution is 2.38. The normalized spacial score (nSPS) is 11.8. The summed E-state index contributed by atoms with van der Waals surface area (Å²) in [6.45, 7) is 0. The summed E-state index contributed by atoms with van der Waals surface area (Å²) in [5.41, 5.74) is 8.91. The fraction of sp³-hybridized carbons (Fsp3) is 0.0714. The molecule has 0 aliphatic rings. The Hall–Kier alpha value is -2.46. The van der Waals surface area contributed by atoms with Crippen molar-refractivity contribution >= 4 is 50.3 Å². The van der Waals surface area contributed by atoms with E-state index in [1.807, 2.05) is 0 Å². The molecule has 10 heteroatoms. The number of nitrogens with zero attached hydrogens (tertiary/aromatic N) is 1. The van der Waals surface area contributed by atoms with Gasteiger partial charge < -0.3 is 11.5 Å². The van der Waals surface area contributed by atoms with Crippen LogP contribution in [0.1, 0.15) is 30.6 Å². The van der Waals surface area contributed by atoms with E-state index >= 15 is 0 Å². The molecule has 0 spiro atoms. The Bertz CT molecular complexity index is 962. The van der Waals surface area contributed by atoms with Gasteiger partial charge >= 0.3 is 6.18 Å². The van der Waals surface area contributed by atoms with Crippen LogP contribution in [0.2, 0.25) is 0 Å². The van der Waals surface area contributed by atoms with Crippen LogP contribution < -0.4 is 11.5 Å². The van der Waals surface area contributed by atoms with Crippen molar-refractivity contribution < 1.29 is 22.8 Å². The molecule has 3 rings (SSSR count). The number of alkyl halides is 3. The Labute approximate surface area is 140 Å². The molecule has 124 valence electrons. The predicted molar refractivity (Wildman–Crippen MR) is 85.3 cm³/mol. The highest BCUT2D eigenvalue weighted by Gasteiger charge is 2.38. The third-order valence-corrected chi connectivity index (χ3v) is 5.20. The van der Waals surface area contributed by atoms with Gasteiger partial charge in [0.25, 0.3) is 5.91 Å². The number of hydrogen-bond acceptors (Lipinski definition) is 6. The lowest BCUT2D eigenvalue weighted by atomic mass is 10.1. The van der Waals surface area contributed by atoms with Crippen LogP contribution in [0.15, 0.2) is 23.6 Å². The first kappa shape index (κ1) is 16.4. The van der Waals surface area contributed by atoms with Gasteiger partial charge in [-0.15, -0.1) is 22.7 Å². The van der Waals surface area contributed by atoms with E-state index in [1.165, 1.54) is 6.07 Å². The molecule has 0 radical (unpaired) electrons. The van der Waals surface area contributed by atoms with Gasteiger partial charge in [-0.05, 0) is 17.5 Å². The number of rotatable bonds is 3. The minimum absolute atomic E-state index is 0.0797. The van der Waals surface area contributed by atoms with E-state index in [4.69, 9.17) is 11.5 Å². The van der Waals surface area contributed by atoms with E-state index in [2.05, 4.69) is 4.98 Å². The molecular formula is C14H8F3N3O2S2. The second kappa shape index (κ2) is 5.56. The van der Waals surface area contributed by atoms with Gasteiger partial charge in [0, 0.05) is 5.39 Å². The Morgan fingerprint density at radius 3 is 2.50 bits per heavy atom. The third-order valence-electron chi connectivity index (χ3n) is 3.20. The first-order chi connectivity index (χ1) is 11.2. The molecule has 0 saturated carbocycles. The van der Waals surface area contributed by atoms with E-state index in [0.717, 1.165) is 17.4 Å². The maximum absolute atomic E-state index is 13.3. The number of hydrogen-bond donors (Lipinski definition) is 2. The number of aromatic nitrogens is 1. The molecule has 0 fully saturated rings. The van der Waals surface area contributed by atoms with Crippen LogP contribution in [0.25, 0.3) is 10.2 Å². The molecular weight excluding hydrogens is 363 g/mol. The lowest BCUT2D eigenvalue weighted by molar-refractivity contribution is -0.141. The largest absolute Gasteiger partial charge is 0.434 e. The predicted octanol–water partition coefficient (Wildman–Crippen LogP) is 3.29. The van der Waals surface area contributed by atoms with E-state index in [1.54, 1.807) is 11.4 Å². The van der Waals surface area contributed by atoms with Gasteiger partial charge in [0.1, 0.15) is 9.71 Å². The summed E-state index contributed by atoms with van der Waals surface area (Å²) in [6.07, 6.45) is -4.83. The minimum atomic E-state index is -4.83. The second-order valence-corrected chi connectivity index (χ2v) is 6.70. The van der Waals surface area contributed by atoms with E-state index in [9.17, 15) is 22.8 Å². The van der Waals surface area contributed by atoms with Crippen molar-refractivity contribution in [3.8, 4) is 0 Å². The summed E-state index contributed by atoms with van der Waals surface area (Å²) < 4.78 is 39.9. The molecule has 3 heterocycles. The Kier molecular flexibility index (Phi) is 3.80. The molecule has 1 amide bonds. The van der Waals surface area contributed by atoms with Crippen molar-refractivity contribution in [2.24, 2.45) is 5.73 Å². The number of carbonyl (C=O) groups is 2. The average Bonchev–Trinajstić information content (AvgIpc) is 3.13. The quantitative estimate of drug-likeness (QED) is 0.690. The molecule has 5 nitrogen and oxygen atoms in total. The number of ketones is 1. The van der Waals surface area contributed by atoms with Gasteiger partial charge in [0.05, 0.1) is 16.1 Å². The lowest BCUT2D eigenvalue weighted by Crippen LogP contribution is -2.15. The van der Waals surface area contributed by atoms with Gasteiger partial charge in [-0.1, -0.05) is 6.07 Å². The maximum atomic E-state index is 13.3. The standard InChI is InChI=1S/C14H8F3N3O2S2/c15-14(16,17)11-6(9(21)7-2-1-3-23-7)4-5-8(18)10(12(19)22)24-13(5)20-11/h1-4H,18H2,(H2,19,22). The highest BCUT2D eigenvalue weighted by molar-refractivity contribution is 7.21. The number of carbonyl (C=O) groups excluding carboxylic acids is 2. The van der Waals surface area contributed by atoms with Gasteiger partial charge in [0.2, 0.25) is 5.78 Å². The monoisotopic (exact) mass is 371 g/mol. The van der Waals surface area contributed by atoms with Crippen molar-refractivity contribution in [1.82, 2.24) is 4.98 Å². The summed E-state index contributed by atoms with van der Waals surface area (Å²) in [7, 11) is 0. The van der Waals surface area contributed by atoms with Crippen molar-refractivity contribution in [1.29, 1.82) is 0 Å². The van der Waals surface area contributed by atoms with Crippen molar-refractivity contribution in [2.75, 3.05) is 5.73 Å². The Balaban J connectivity index is 2.31. The van der Waals surface area contributed by atoms with Crippen LogP contribution in [0.3, 0.4) is 0 Å². The number of anilines is 1. The Morgan fingerprint density at radius 1 is 1.25 bits per heavy atom. The number of primary amides is 1. The van der Waals surface area contributed by atoms with Gasteiger partial charge in [-0.3, -0.25) is 9.59 Å². The van der Waals surface area contributed by atoms with Crippen LogP contribution in [0, 0.1) is 0 Å². The summed E-state index contributed by atoms with van der Waals surface area (Å²) in [5.74, 6) is -1.67. The zero-order chi connectivity index (χ0) is 17.6.